The monoisotopic (exact) mass is 349 g/mol. The van der Waals surface area contributed by atoms with E-state index in [2.05, 4.69) is 34.3 Å². The van der Waals surface area contributed by atoms with Gasteiger partial charge in [0.25, 0.3) is 0 Å². The summed E-state index contributed by atoms with van der Waals surface area (Å²) in [4.78, 5) is 23.7. The van der Waals surface area contributed by atoms with E-state index in [0.29, 0.717) is 13.0 Å². The molecule has 0 spiro atoms. The molecule has 0 aliphatic rings. The van der Waals surface area contributed by atoms with Gasteiger partial charge in [-0.25, -0.2) is 9.59 Å². The van der Waals surface area contributed by atoms with Crippen molar-refractivity contribution in [3.63, 3.8) is 0 Å². The highest BCUT2D eigenvalue weighted by atomic mass is 16.6. The highest BCUT2D eigenvalue weighted by Gasteiger charge is 2.14. The minimum Gasteiger partial charge on any atom is -0.465 e. The van der Waals surface area contributed by atoms with E-state index >= 15 is 0 Å². The number of para-hydroxylation sites is 1. The molecule has 3 aromatic rings. The maximum absolute atomic E-state index is 12.0. The number of hydrogen-bond donors (Lipinski definition) is 1. The summed E-state index contributed by atoms with van der Waals surface area (Å²) < 4.78 is 9.91. The van der Waals surface area contributed by atoms with Crippen LogP contribution >= 0.6 is 0 Å². The lowest BCUT2D eigenvalue weighted by Crippen LogP contribution is -2.29. The van der Waals surface area contributed by atoms with Crippen molar-refractivity contribution in [2.24, 2.45) is 0 Å². The molecule has 0 bridgehead atoms. The number of methoxy groups -OCH3 is 1. The summed E-state index contributed by atoms with van der Waals surface area (Å²) in [5.74, 6) is -0.382. The van der Waals surface area contributed by atoms with Gasteiger partial charge < -0.3 is 14.8 Å². The molecule has 1 amide bonds. The van der Waals surface area contributed by atoms with E-state index in [4.69, 9.17) is 4.74 Å². The fraction of sp³-hybridized carbons (Fsp3) is 0.143. The topological polar surface area (TPSA) is 64.6 Å². The molecule has 0 atom stereocenters. The Morgan fingerprint density at radius 1 is 0.923 bits per heavy atom. The Balaban J connectivity index is 1.56. The van der Waals surface area contributed by atoms with Crippen molar-refractivity contribution in [3.05, 3.63) is 77.9 Å². The summed E-state index contributed by atoms with van der Waals surface area (Å²) in [5, 5.41) is 5.05. The first-order valence-corrected chi connectivity index (χ1v) is 8.28. The van der Waals surface area contributed by atoms with Crippen LogP contribution in [-0.4, -0.2) is 25.7 Å². The van der Waals surface area contributed by atoms with Crippen LogP contribution in [0.15, 0.2) is 66.7 Å². The number of nitrogens with one attached hydrogen (secondary N) is 1. The fourth-order valence-corrected chi connectivity index (χ4v) is 2.67. The van der Waals surface area contributed by atoms with Crippen LogP contribution in [0.2, 0.25) is 0 Å². The summed E-state index contributed by atoms with van der Waals surface area (Å²) in [5.41, 5.74) is 1.33. The van der Waals surface area contributed by atoms with Gasteiger partial charge in [0.15, 0.2) is 0 Å². The average molecular weight is 349 g/mol. The van der Waals surface area contributed by atoms with Gasteiger partial charge >= 0.3 is 12.1 Å². The van der Waals surface area contributed by atoms with Crippen molar-refractivity contribution in [3.8, 4) is 5.75 Å². The Morgan fingerprint density at radius 2 is 1.65 bits per heavy atom. The number of carbonyl (C=O) groups is 2. The summed E-state index contributed by atoms with van der Waals surface area (Å²) in [6.45, 7) is 0.428. The quantitative estimate of drug-likeness (QED) is 0.708. The summed E-state index contributed by atoms with van der Waals surface area (Å²) in [7, 11) is 1.28. The molecule has 0 unspecified atom stereocenters. The van der Waals surface area contributed by atoms with Gasteiger partial charge in [-0.15, -0.1) is 0 Å². The maximum atomic E-state index is 12.0. The lowest BCUT2D eigenvalue weighted by Gasteiger charge is -2.10. The number of fused-ring (bicyclic) bond motifs is 1. The van der Waals surface area contributed by atoms with Crippen molar-refractivity contribution in [2.45, 2.75) is 6.42 Å². The van der Waals surface area contributed by atoms with E-state index in [-0.39, 0.29) is 11.3 Å². The van der Waals surface area contributed by atoms with E-state index in [9.17, 15) is 9.59 Å². The van der Waals surface area contributed by atoms with Crippen LogP contribution in [0.4, 0.5) is 4.79 Å². The highest BCUT2D eigenvalue weighted by Crippen LogP contribution is 2.19. The molecule has 0 heterocycles. The maximum Gasteiger partial charge on any atom is 0.412 e. The van der Waals surface area contributed by atoms with Gasteiger partial charge in [-0.05, 0) is 34.9 Å². The predicted molar refractivity (Wildman–Crippen MR) is 99.5 cm³/mol. The Hall–Kier alpha value is -3.34. The van der Waals surface area contributed by atoms with Gasteiger partial charge in [0.05, 0.1) is 7.11 Å². The lowest BCUT2D eigenvalue weighted by atomic mass is 10.1. The van der Waals surface area contributed by atoms with Crippen LogP contribution in [0.1, 0.15) is 15.9 Å². The first-order chi connectivity index (χ1) is 12.7. The average Bonchev–Trinajstić information content (AvgIpc) is 2.67. The molecule has 0 saturated heterocycles. The van der Waals surface area contributed by atoms with Gasteiger partial charge in [0, 0.05) is 6.54 Å². The normalized spacial score (nSPS) is 10.3. The van der Waals surface area contributed by atoms with Crippen molar-refractivity contribution < 1.29 is 19.1 Å². The molecular weight excluding hydrogens is 330 g/mol. The van der Waals surface area contributed by atoms with Crippen molar-refractivity contribution in [2.75, 3.05) is 13.7 Å². The zero-order chi connectivity index (χ0) is 18.4. The largest absolute Gasteiger partial charge is 0.465 e. The molecule has 132 valence electrons. The SMILES string of the molecule is COC(=O)c1ccccc1OC(=O)NCCc1ccc2ccccc2c1. The summed E-state index contributed by atoms with van der Waals surface area (Å²) in [6, 6.07) is 20.8. The smallest absolute Gasteiger partial charge is 0.412 e. The van der Waals surface area contributed by atoms with Crippen LogP contribution in [-0.2, 0) is 11.2 Å². The molecule has 3 rings (SSSR count). The van der Waals surface area contributed by atoms with Crippen LogP contribution < -0.4 is 10.1 Å². The van der Waals surface area contributed by atoms with Crippen LogP contribution in [0.5, 0.6) is 5.75 Å². The van der Waals surface area contributed by atoms with Gasteiger partial charge in [0.2, 0.25) is 0 Å². The molecule has 3 aromatic carbocycles. The van der Waals surface area contributed by atoms with Gasteiger partial charge in [-0.2, -0.15) is 0 Å². The van der Waals surface area contributed by atoms with Crippen LogP contribution in [0, 0.1) is 0 Å². The van der Waals surface area contributed by atoms with Crippen molar-refractivity contribution in [1.82, 2.24) is 5.32 Å². The van der Waals surface area contributed by atoms with Gasteiger partial charge in [0.1, 0.15) is 11.3 Å². The summed E-state index contributed by atoms with van der Waals surface area (Å²) >= 11 is 0. The number of hydrogen-bond acceptors (Lipinski definition) is 4. The molecular formula is C21H19NO4. The second kappa shape index (κ2) is 8.16. The molecule has 0 aromatic heterocycles. The Bertz CT molecular complexity index is 936. The Morgan fingerprint density at radius 3 is 2.46 bits per heavy atom. The lowest BCUT2D eigenvalue weighted by molar-refractivity contribution is 0.0598. The standard InChI is InChI=1S/C21H19NO4/c1-25-20(23)18-8-4-5-9-19(18)26-21(24)22-13-12-15-10-11-16-6-2-3-7-17(16)14-15/h2-11,14H,12-13H2,1H3,(H,22,24). The second-order valence-corrected chi connectivity index (χ2v) is 5.74. The number of benzene rings is 3. The van der Waals surface area contributed by atoms with E-state index in [0.717, 1.165) is 5.56 Å². The molecule has 0 aliphatic carbocycles. The van der Waals surface area contributed by atoms with Gasteiger partial charge in [-0.1, -0.05) is 54.6 Å². The molecule has 0 radical (unpaired) electrons. The molecule has 0 saturated carbocycles. The van der Waals surface area contributed by atoms with Crippen LogP contribution in [0.3, 0.4) is 0 Å². The third-order valence-electron chi connectivity index (χ3n) is 3.99. The first kappa shape index (κ1) is 17.5. The van der Waals surface area contributed by atoms with Crippen molar-refractivity contribution in [1.29, 1.82) is 0 Å². The van der Waals surface area contributed by atoms with Crippen molar-refractivity contribution >= 4 is 22.8 Å². The fourth-order valence-electron chi connectivity index (χ4n) is 2.67. The number of amides is 1. The molecule has 1 N–H and O–H groups in total. The summed E-state index contributed by atoms with van der Waals surface area (Å²) in [6.07, 6.45) is 0.0700. The van der Waals surface area contributed by atoms with Gasteiger partial charge in [-0.3, -0.25) is 0 Å². The number of rotatable bonds is 5. The first-order valence-electron chi connectivity index (χ1n) is 8.28. The van der Waals surface area contributed by atoms with E-state index in [1.807, 2.05) is 18.2 Å². The van der Waals surface area contributed by atoms with E-state index < -0.39 is 12.1 Å². The zero-order valence-electron chi connectivity index (χ0n) is 14.4. The molecule has 0 fully saturated rings. The highest BCUT2D eigenvalue weighted by molar-refractivity contribution is 5.93. The minimum absolute atomic E-state index is 0.169. The van der Waals surface area contributed by atoms with Crippen LogP contribution in [0.25, 0.3) is 10.8 Å². The second-order valence-electron chi connectivity index (χ2n) is 5.74. The minimum atomic E-state index is -0.609. The third-order valence-corrected chi connectivity index (χ3v) is 3.99. The molecule has 5 nitrogen and oxygen atoms in total. The predicted octanol–water partition coefficient (Wildman–Crippen LogP) is 3.96. The number of ether oxygens (including phenoxy) is 2. The Labute approximate surface area is 151 Å². The van der Waals surface area contributed by atoms with E-state index in [1.54, 1.807) is 24.3 Å². The molecule has 5 heteroatoms. The third kappa shape index (κ3) is 4.19. The number of esters is 1. The number of carbonyl (C=O) groups excluding carboxylic acids is 2. The molecule has 26 heavy (non-hydrogen) atoms. The van der Waals surface area contributed by atoms with E-state index in [1.165, 1.54) is 17.9 Å². The molecule has 0 aliphatic heterocycles. The Kier molecular flexibility index (Phi) is 5.49. The zero-order valence-corrected chi connectivity index (χ0v) is 14.4.